The maximum atomic E-state index is 12.1. The molecule has 0 saturated heterocycles. The minimum absolute atomic E-state index is 0.0227. The van der Waals surface area contributed by atoms with Crippen molar-refractivity contribution in [1.29, 1.82) is 0 Å². The molecule has 6 aromatic rings. The molecule has 3 N–H and O–H groups in total. The summed E-state index contributed by atoms with van der Waals surface area (Å²) in [6.45, 7) is 2.06. The third kappa shape index (κ3) is 3.98. The molecule has 1 amide bonds. The van der Waals surface area contributed by atoms with E-state index in [0.717, 1.165) is 46.2 Å². The molecule has 0 fully saturated rings. The second kappa shape index (κ2) is 9.06. The molecule has 0 aromatic carbocycles. The Morgan fingerprint density at radius 3 is 2.81 bits per heavy atom. The van der Waals surface area contributed by atoms with Gasteiger partial charge in [-0.3, -0.25) is 19.9 Å². The smallest absolute Gasteiger partial charge is 0.224 e. The fourth-order valence-corrected chi connectivity index (χ4v) is 4.09. The molecule has 6 aromatic heterocycles. The van der Waals surface area contributed by atoms with E-state index in [4.69, 9.17) is 14.4 Å². The van der Waals surface area contributed by atoms with Gasteiger partial charge in [-0.1, -0.05) is 13.3 Å². The Morgan fingerprint density at radius 1 is 1.03 bits per heavy atom. The van der Waals surface area contributed by atoms with Crippen molar-refractivity contribution in [3.63, 3.8) is 0 Å². The first-order valence-corrected chi connectivity index (χ1v) is 11.7. The number of pyridine rings is 3. The van der Waals surface area contributed by atoms with Gasteiger partial charge in [0.05, 0.1) is 41.1 Å². The lowest BCUT2D eigenvalue weighted by molar-refractivity contribution is -0.116. The van der Waals surface area contributed by atoms with Gasteiger partial charge in [-0.2, -0.15) is 5.10 Å². The van der Waals surface area contributed by atoms with Crippen LogP contribution >= 0.6 is 0 Å². The SMILES string of the molecule is CCCCC(=O)Nc1cncc(-c2ccc3[nH]nc(-c4nc5c(-c6ccoc6)nccc5[nH]4)c3n2)c1. The zero-order valence-corrected chi connectivity index (χ0v) is 19.4. The van der Waals surface area contributed by atoms with Crippen LogP contribution in [0.4, 0.5) is 5.69 Å². The van der Waals surface area contributed by atoms with Crippen molar-refractivity contribution in [3.05, 3.63) is 61.4 Å². The van der Waals surface area contributed by atoms with Crippen LogP contribution in [0.15, 0.2) is 65.9 Å². The average Bonchev–Trinajstić information content (AvgIpc) is 3.66. The minimum Gasteiger partial charge on any atom is -0.472 e. The van der Waals surface area contributed by atoms with Crippen LogP contribution in [0.25, 0.3) is 56.1 Å². The fraction of sp³-hybridized carbons (Fsp3) is 0.154. The van der Waals surface area contributed by atoms with Crippen LogP contribution in [0.1, 0.15) is 26.2 Å². The number of carbonyl (C=O) groups excluding carboxylic acids is 1. The topological polar surface area (TPSA) is 138 Å². The highest BCUT2D eigenvalue weighted by Crippen LogP contribution is 2.31. The molecular weight excluding hydrogens is 456 g/mol. The van der Waals surface area contributed by atoms with Gasteiger partial charge in [0.25, 0.3) is 0 Å². The molecule has 0 spiro atoms. The summed E-state index contributed by atoms with van der Waals surface area (Å²) in [6.07, 6.45) is 10.6. The summed E-state index contributed by atoms with van der Waals surface area (Å²) in [7, 11) is 0. The lowest BCUT2D eigenvalue weighted by Crippen LogP contribution is -2.11. The second-order valence-corrected chi connectivity index (χ2v) is 8.43. The van der Waals surface area contributed by atoms with E-state index < -0.39 is 0 Å². The van der Waals surface area contributed by atoms with E-state index in [0.29, 0.717) is 34.8 Å². The van der Waals surface area contributed by atoms with E-state index in [-0.39, 0.29) is 5.91 Å². The molecule has 6 heterocycles. The normalized spacial score (nSPS) is 11.4. The van der Waals surface area contributed by atoms with Gasteiger partial charge in [0.2, 0.25) is 5.91 Å². The number of nitrogens with zero attached hydrogens (tertiary/aromatic N) is 5. The number of fused-ring (bicyclic) bond motifs is 2. The third-order valence-electron chi connectivity index (χ3n) is 5.90. The number of furan rings is 1. The van der Waals surface area contributed by atoms with E-state index in [9.17, 15) is 4.79 Å². The van der Waals surface area contributed by atoms with Crippen molar-refractivity contribution in [3.8, 4) is 34.0 Å². The first kappa shape index (κ1) is 21.7. The number of rotatable bonds is 7. The summed E-state index contributed by atoms with van der Waals surface area (Å²) in [6, 6.07) is 9.40. The molecule has 36 heavy (non-hydrogen) atoms. The molecule has 178 valence electrons. The number of unbranched alkanes of at least 4 members (excludes halogenated alkanes) is 1. The van der Waals surface area contributed by atoms with Gasteiger partial charge < -0.3 is 14.7 Å². The maximum Gasteiger partial charge on any atom is 0.224 e. The molecular formula is C26H22N8O2. The quantitative estimate of drug-likeness (QED) is 0.281. The summed E-state index contributed by atoms with van der Waals surface area (Å²) < 4.78 is 5.22. The van der Waals surface area contributed by atoms with Gasteiger partial charge >= 0.3 is 0 Å². The number of imidazole rings is 1. The molecule has 10 nitrogen and oxygen atoms in total. The summed E-state index contributed by atoms with van der Waals surface area (Å²) >= 11 is 0. The van der Waals surface area contributed by atoms with Crippen molar-refractivity contribution in [2.75, 3.05) is 5.32 Å². The van der Waals surface area contributed by atoms with Gasteiger partial charge in [0.15, 0.2) is 11.5 Å². The number of nitrogens with one attached hydrogen (secondary N) is 3. The van der Waals surface area contributed by atoms with Crippen LogP contribution in [-0.4, -0.2) is 41.0 Å². The number of H-pyrrole nitrogens is 2. The lowest BCUT2D eigenvalue weighted by Gasteiger charge is -2.07. The highest BCUT2D eigenvalue weighted by molar-refractivity contribution is 5.95. The molecule has 0 unspecified atom stereocenters. The number of hydrogen-bond donors (Lipinski definition) is 3. The lowest BCUT2D eigenvalue weighted by atomic mass is 10.1. The Balaban J connectivity index is 1.37. The zero-order valence-electron chi connectivity index (χ0n) is 19.4. The largest absolute Gasteiger partial charge is 0.472 e. The van der Waals surface area contributed by atoms with E-state index >= 15 is 0 Å². The van der Waals surface area contributed by atoms with E-state index in [2.05, 4.69) is 37.4 Å². The van der Waals surface area contributed by atoms with Crippen LogP contribution in [0.5, 0.6) is 0 Å². The van der Waals surface area contributed by atoms with E-state index in [1.807, 2.05) is 30.3 Å². The molecule has 0 aliphatic carbocycles. The molecule has 6 rings (SSSR count). The van der Waals surface area contributed by atoms with Crippen molar-refractivity contribution in [2.24, 2.45) is 0 Å². The molecule has 0 aliphatic rings. The van der Waals surface area contributed by atoms with E-state index in [1.54, 1.807) is 31.1 Å². The Bertz CT molecular complexity index is 1680. The zero-order chi connectivity index (χ0) is 24.5. The molecule has 0 radical (unpaired) electrons. The van der Waals surface area contributed by atoms with Gasteiger partial charge in [-0.25, -0.2) is 9.97 Å². The molecule has 0 bridgehead atoms. The van der Waals surface area contributed by atoms with Gasteiger partial charge in [0, 0.05) is 29.9 Å². The first-order chi connectivity index (χ1) is 17.7. The van der Waals surface area contributed by atoms with Crippen molar-refractivity contribution in [2.45, 2.75) is 26.2 Å². The summed E-state index contributed by atoms with van der Waals surface area (Å²) in [4.78, 5) is 33.9. The number of anilines is 1. The van der Waals surface area contributed by atoms with Crippen molar-refractivity contribution in [1.82, 2.24) is 35.1 Å². The number of amides is 1. The Labute approximate surface area is 205 Å². The van der Waals surface area contributed by atoms with Gasteiger partial charge in [-0.05, 0) is 36.8 Å². The number of carbonyl (C=O) groups is 1. The highest BCUT2D eigenvalue weighted by Gasteiger charge is 2.18. The molecule has 0 saturated carbocycles. The predicted octanol–water partition coefficient (Wildman–Crippen LogP) is 5.35. The fourth-order valence-electron chi connectivity index (χ4n) is 4.09. The van der Waals surface area contributed by atoms with Crippen molar-refractivity contribution < 1.29 is 9.21 Å². The van der Waals surface area contributed by atoms with Gasteiger partial charge in [0.1, 0.15) is 16.7 Å². The Morgan fingerprint density at radius 2 is 1.94 bits per heavy atom. The predicted molar refractivity (Wildman–Crippen MR) is 136 cm³/mol. The first-order valence-electron chi connectivity index (χ1n) is 11.7. The van der Waals surface area contributed by atoms with Crippen LogP contribution in [-0.2, 0) is 4.79 Å². The Kier molecular flexibility index (Phi) is 5.45. The second-order valence-electron chi connectivity index (χ2n) is 8.43. The van der Waals surface area contributed by atoms with Crippen molar-refractivity contribution >= 4 is 33.7 Å². The Hall–Kier alpha value is -4.86. The molecule has 0 aliphatic heterocycles. The summed E-state index contributed by atoms with van der Waals surface area (Å²) in [5.41, 5.74) is 7.30. The number of hydrogen-bond acceptors (Lipinski definition) is 7. The monoisotopic (exact) mass is 478 g/mol. The van der Waals surface area contributed by atoms with Crippen LogP contribution in [0.2, 0.25) is 0 Å². The molecule has 0 atom stereocenters. The number of aromatic amines is 2. The molecule has 10 heteroatoms. The summed E-state index contributed by atoms with van der Waals surface area (Å²) in [5, 5.41) is 10.4. The van der Waals surface area contributed by atoms with Crippen LogP contribution in [0, 0.1) is 0 Å². The standard InChI is InChI=1S/C26H22N8O2/c1-2-3-4-21(35)29-17-11-16(12-27-13-17)18-5-6-20-24(30-18)25(34-33-20)26-31-19-7-9-28-22(23(19)32-26)15-8-10-36-14-15/h5-14H,2-4H2,1H3,(H,29,35)(H,31,32)(H,33,34). The maximum absolute atomic E-state index is 12.1. The highest BCUT2D eigenvalue weighted by atomic mass is 16.3. The number of aromatic nitrogens is 7. The van der Waals surface area contributed by atoms with E-state index in [1.165, 1.54) is 0 Å². The average molecular weight is 479 g/mol. The van der Waals surface area contributed by atoms with Gasteiger partial charge in [-0.15, -0.1) is 0 Å². The van der Waals surface area contributed by atoms with Crippen LogP contribution < -0.4 is 5.32 Å². The van der Waals surface area contributed by atoms with Crippen LogP contribution in [0.3, 0.4) is 0 Å². The minimum atomic E-state index is -0.0227. The summed E-state index contributed by atoms with van der Waals surface area (Å²) in [5.74, 6) is 0.555. The third-order valence-corrected chi connectivity index (χ3v) is 5.90.